The number of alkyl halides is 2. The molecule has 0 unspecified atom stereocenters. The highest BCUT2D eigenvalue weighted by Gasteiger charge is 2.49. The molecule has 1 aliphatic heterocycles. The van der Waals surface area contributed by atoms with Gasteiger partial charge in [0.1, 0.15) is 0 Å². The molecule has 0 amide bonds. The number of hydrogen-bond donors (Lipinski definition) is 0. The van der Waals surface area contributed by atoms with Gasteiger partial charge in [-0.3, -0.25) is 0 Å². The Hall–Kier alpha value is -0.230. The largest absolute Gasteiger partial charge is 0.275 e. The van der Waals surface area contributed by atoms with Crippen molar-refractivity contribution in [1.82, 2.24) is 4.31 Å². The van der Waals surface area contributed by atoms with Gasteiger partial charge in [-0.2, -0.15) is 4.31 Å². The fourth-order valence-corrected chi connectivity index (χ4v) is 3.02. The average molecular weight is 213 g/mol. The van der Waals surface area contributed by atoms with Crippen molar-refractivity contribution in [2.75, 3.05) is 18.8 Å². The van der Waals surface area contributed by atoms with Crippen LogP contribution in [0.1, 0.15) is 13.8 Å². The summed E-state index contributed by atoms with van der Waals surface area (Å²) in [7, 11) is -3.44. The Bertz CT molecular complexity index is 279. The highest BCUT2D eigenvalue weighted by molar-refractivity contribution is 7.89. The lowest BCUT2D eigenvalue weighted by Gasteiger charge is -2.37. The summed E-state index contributed by atoms with van der Waals surface area (Å²) in [6.07, 6.45) is 0. The monoisotopic (exact) mass is 213 g/mol. The second kappa shape index (κ2) is 3.16. The topological polar surface area (TPSA) is 37.4 Å². The van der Waals surface area contributed by atoms with E-state index in [4.69, 9.17) is 0 Å². The van der Waals surface area contributed by atoms with E-state index in [1.165, 1.54) is 0 Å². The van der Waals surface area contributed by atoms with E-state index in [1.807, 2.05) is 0 Å². The highest BCUT2D eigenvalue weighted by atomic mass is 32.2. The third-order valence-corrected chi connectivity index (χ3v) is 3.89. The third-order valence-electron chi connectivity index (χ3n) is 1.75. The zero-order valence-corrected chi connectivity index (χ0v) is 8.44. The predicted molar refractivity (Wildman–Crippen MR) is 45.1 cm³/mol. The third kappa shape index (κ3) is 2.60. The number of sulfonamides is 1. The Morgan fingerprint density at radius 1 is 1.38 bits per heavy atom. The molecule has 1 heterocycles. The first-order chi connectivity index (χ1) is 5.73. The van der Waals surface area contributed by atoms with Crippen molar-refractivity contribution in [3.05, 3.63) is 0 Å². The molecule has 0 aromatic heterocycles. The first-order valence-electron chi connectivity index (χ1n) is 4.09. The van der Waals surface area contributed by atoms with Gasteiger partial charge in [0, 0.05) is 0 Å². The van der Waals surface area contributed by atoms with Crippen molar-refractivity contribution in [1.29, 1.82) is 0 Å². The fraction of sp³-hybridized carbons (Fsp3) is 1.00. The van der Waals surface area contributed by atoms with Crippen LogP contribution in [-0.4, -0.2) is 37.5 Å². The van der Waals surface area contributed by atoms with Crippen molar-refractivity contribution in [2.24, 2.45) is 5.92 Å². The number of halogens is 2. The predicted octanol–water partition coefficient (Wildman–Crippen LogP) is 0.923. The van der Waals surface area contributed by atoms with Crippen LogP contribution in [0.25, 0.3) is 0 Å². The van der Waals surface area contributed by atoms with Gasteiger partial charge >= 0.3 is 0 Å². The SMILES string of the molecule is CC(C)CS(=O)(=O)N1CC(F)(F)C1. The average Bonchev–Trinajstić information content (AvgIpc) is 1.79. The second-order valence-corrected chi connectivity index (χ2v) is 5.81. The molecule has 1 aliphatic rings. The second-order valence-electron chi connectivity index (χ2n) is 3.80. The minimum Gasteiger partial charge on any atom is -0.212 e. The summed E-state index contributed by atoms with van der Waals surface area (Å²) in [6.45, 7) is 2.19. The lowest BCUT2D eigenvalue weighted by Crippen LogP contribution is -2.59. The summed E-state index contributed by atoms with van der Waals surface area (Å²) in [5.74, 6) is -2.90. The molecule has 3 nitrogen and oxygen atoms in total. The molecular weight excluding hydrogens is 200 g/mol. The molecule has 0 radical (unpaired) electrons. The molecule has 78 valence electrons. The highest BCUT2D eigenvalue weighted by Crippen LogP contribution is 2.29. The van der Waals surface area contributed by atoms with Gasteiger partial charge in [0.2, 0.25) is 10.0 Å². The van der Waals surface area contributed by atoms with Crippen LogP contribution in [-0.2, 0) is 10.0 Å². The Morgan fingerprint density at radius 3 is 2.15 bits per heavy atom. The van der Waals surface area contributed by atoms with Gasteiger partial charge in [0.25, 0.3) is 5.92 Å². The van der Waals surface area contributed by atoms with Crippen molar-refractivity contribution < 1.29 is 17.2 Å². The van der Waals surface area contributed by atoms with E-state index in [9.17, 15) is 17.2 Å². The van der Waals surface area contributed by atoms with Crippen molar-refractivity contribution >= 4 is 10.0 Å². The van der Waals surface area contributed by atoms with Crippen LogP contribution in [0.3, 0.4) is 0 Å². The first-order valence-corrected chi connectivity index (χ1v) is 5.69. The lowest BCUT2D eigenvalue weighted by atomic mass is 10.2. The molecule has 0 spiro atoms. The van der Waals surface area contributed by atoms with E-state index in [-0.39, 0.29) is 11.7 Å². The van der Waals surface area contributed by atoms with E-state index in [0.29, 0.717) is 0 Å². The lowest BCUT2D eigenvalue weighted by molar-refractivity contribution is -0.0945. The maximum atomic E-state index is 12.3. The molecular formula is C7H13F2NO2S. The van der Waals surface area contributed by atoms with Crippen LogP contribution in [0.2, 0.25) is 0 Å². The summed E-state index contributed by atoms with van der Waals surface area (Å²) in [6, 6.07) is 0. The zero-order valence-electron chi connectivity index (χ0n) is 7.63. The molecule has 0 N–H and O–H groups in total. The van der Waals surface area contributed by atoms with Crippen LogP contribution in [0.15, 0.2) is 0 Å². The molecule has 0 aromatic carbocycles. The Kier molecular flexibility index (Phi) is 2.64. The van der Waals surface area contributed by atoms with E-state index >= 15 is 0 Å². The van der Waals surface area contributed by atoms with Gasteiger partial charge in [-0.05, 0) is 5.92 Å². The maximum absolute atomic E-state index is 12.3. The maximum Gasteiger partial charge on any atom is 0.275 e. The van der Waals surface area contributed by atoms with E-state index in [1.54, 1.807) is 13.8 Å². The molecule has 1 fully saturated rings. The van der Waals surface area contributed by atoms with Crippen molar-refractivity contribution in [3.63, 3.8) is 0 Å². The van der Waals surface area contributed by atoms with Gasteiger partial charge in [-0.25, -0.2) is 17.2 Å². The van der Waals surface area contributed by atoms with E-state index < -0.39 is 29.0 Å². The molecule has 13 heavy (non-hydrogen) atoms. The Morgan fingerprint density at radius 2 is 1.85 bits per heavy atom. The molecule has 6 heteroatoms. The minimum absolute atomic E-state index is 0.0285. The van der Waals surface area contributed by atoms with Crippen LogP contribution in [0.5, 0.6) is 0 Å². The van der Waals surface area contributed by atoms with Crippen LogP contribution in [0.4, 0.5) is 8.78 Å². The Balaban J connectivity index is 2.55. The van der Waals surface area contributed by atoms with Gasteiger partial charge in [0.05, 0.1) is 18.8 Å². The van der Waals surface area contributed by atoms with Gasteiger partial charge in [-0.15, -0.1) is 0 Å². The molecule has 1 saturated heterocycles. The summed E-state index contributed by atoms with van der Waals surface area (Å²) < 4.78 is 48.1. The number of rotatable bonds is 3. The smallest absolute Gasteiger partial charge is 0.212 e. The first kappa shape index (κ1) is 10.8. The number of hydrogen-bond acceptors (Lipinski definition) is 2. The zero-order chi connectivity index (χ0) is 10.3. The van der Waals surface area contributed by atoms with Crippen LogP contribution >= 0.6 is 0 Å². The fourth-order valence-electron chi connectivity index (χ4n) is 1.19. The Labute approximate surface area is 76.8 Å². The summed E-state index contributed by atoms with van der Waals surface area (Å²) >= 11 is 0. The molecule has 0 aliphatic carbocycles. The van der Waals surface area contributed by atoms with E-state index in [0.717, 1.165) is 4.31 Å². The van der Waals surface area contributed by atoms with Crippen molar-refractivity contribution in [3.8, 4) is 0 Å². The molecule has 0 atom stereocenters. The summed E-state index contributed by atoms with van der Waals surface area (Å²) in [5, 5.41) is 0. The summed E-state index contributed by atoms with van der Waals surface area (Å²) in [4.78, 5) is 0. The van der Waals surface area contributed by atoms with Gasteiger partial charge in [-0.1, -0.05) is 13.8 Å². The van der Waals surface area contributed by atoms with Gasteiger partial charge < -0.3 is 0 Å². The van der Waals surface area contributed by atoms with E-state index in [2.05, 4.69) is 0 Å². The quantitative estimate of drug-likeness (QED) is 0.699. The molecule has 0 bridgehead atoms. The standard InChI is InChI=1S/C7H13F2NO2S/c1-6(2)3-13(11,12)10-4-7(8,9)5-10/h6H,3-5H2,1-2H3. The molecule has 0 aromatic rings. The molecule has 0 saturated carbocycles. The minimum atomic E-state index is -3.44. The summed E-state index contributed by atoms with van der Waals surface area (Å²) in [5.41, 5.74) is 0. The van der Waals surface area contributed by atoms with Gasteiger partial charge in [0.15, 0.2) is 0 Å². The normalized spacial score (nSPS) is 23.2. The van der Waals surface area contributed by atoms with Crippen molar-refractivity contribution in [2.45, 2.75) is 19.8 Å². The molecule has 1 rings (SSSR count). The van der Waals surface area contributed by atoms with Crippen LogP contribution in [0, 0.1) is 5.92 Å². The number of nitrogens with zero attached hydrogens (tertiary/aromatic N) is 1. The van der Waals surface area contributed by atoms with Crippen LogP contribution < -0.4 is 0 Å².